The molecule has 0 amide bonds. The fourth-order valence-electron chi connectivity index (χ4n) is 6.18. The van der Waals surface area contributed by atoms with Crippen LogP contribution in [0, 0.1) is 22.7 Å². The Hall–Kier alpha value is -2.03. The fourth-order valence-corrected chi connectivity index (χ4v) is 6.18. The molecular weight excluding hydrogens is 484 g/mol. The van der Waals surface area contributed by atoms with E-state index in [0.717, 1.165) is 38.5 Å². The van der Waals surface area contributed by atoms with E-state index < -0.39 is 31.2 Å². The van der Waals surface area contributed by atoms with Crippen LogP contribution < -0.4 is 0 Å². The summed E-state index contributed by atoms with van der Waals surface area (Å²) in [5, 5.41) is 49.8. The van der Waals surface area contributed by atoms with E-state index in [1.165, 1.54) is 16.7 Å². The number of benzene rings is 1. The summed E-state index contributed by atoms with van der Waals surface area (Å²) in [7, 11) is 0. The number of fused-ring (bicyclic) bond motifs is 1. The number of hydrogen-bond donors (Lipinski definition) is 5. The molecule has 38 heavy (non-hydrogen) atoms. The number of allylic oxidation sites excluding steroid dienone is 2. The van der Waals surface area contributed by atoms with Gasteiger partial charge in [-0.3, -0.25) is 4.79 Å². The minimum absolute atomic E-state index is 0.0789. The van der Waals surface area contributed by atoms with Crippen molar-refractivity contribution in [3.63, 3.8) is 0 Å². The zero-order valence-corrected chi connectivity index (χ0v) is 22.3. The van der Waals surface area contributed by atoms with Gasteiger partial charge < -0.3 is 30.3 Å². The minimum Gasteiger partial charge on any atom is -0.465 e. The summed E-state index contributed by atoms with van der Waals surface area (Å²) in [6.07, 6.45) is 13.4. The fraction of sp³-hybridized carbons (Fsp3) is 0.645. The number of rotatable bonds is 14. The van der Waals surface area contributed by atoms with Crippen LogP contribution in [-0.4, -0.2) is 70.1 Å². The molecule has 3 aliphatic rings. The van der Waals surface area contributed by atoms with Gasteiger partial charge in [0.05, 0.1) is 37.4 Å². The number of aliphatic hydroxyl groups is 5. The van der Waals surface area contributed by atoms with E-state index in [-0.39, 0.29) is 42.5 Å². The van der Waals surface area contributed by atoms with Gasteiger partial charge in [0.15, 0.2) is 0 Å². The van der Waals surface area contributed by atoms with Crippen molar-refractivity contribution in [2.24, 2.45) is 22.7 Å². The maximum Gasteiger partial charge on any atom is 0.305 e. The molecule has 0 radical (unpaired) electrons. The molecule has 3 aliphatic carbocycles. The molecule has 0 aromatic heterocycles. The van der Waals surface area contributed by atoms with Gasteiger partial charge in [-0.25, -0.2) is 0 Å². The minimum atomic E-state index is -1.21. The molecule has 1 aromatic rings. The maximum atomic E-state index is 12.0. The van der Waals surface area contributed by atoms with Gasteiger partial charge in [-0.2, -0.15) is 0 Å². The van der Waals surface area contributed by atoms with Gasteiger partial charge in [-0.1, -0.05) is 48.1 Å². The number of esters is 1. The largest absolute Gasteiger partial charge is 0.465 e. The molecule has 1 unspecified atom stereocenters. The summed E-state index contributed by atoms with van der Waals surface area (Å²) in [6.45, 7) is -1.61. The lowest BCUT2D eigenvalue weighted by atomic mass is 9.88. The second kappa shape index (κ2) is 12.9. The van der Waals surface area contributed by atoms with Crippen molar-refractivity contribution in [3.05, 3.63) is 59.2 Å². The lowest BCUT2D eigenvalue weighted by molar-refractivity contribution is -0.151. The van der Waals surface area contributed by atoms with Crippen molar-refractivity contribution in [3.8, 4) is 0 Å². The molecule has 1 spiro atoms. The quantitative estimate of drug-likeness (QED) is 0.143. The number of ether oxygens (including phenoxy) is 1. The van der Waals surface area contributed by atoms with Crippen molar-refractivity contribution >= 4 is 5.97 Å². The summed E-state index contributed by atoms with van der Waals surface area (Å²) < 4.78 is 5.12. The topological polar surface area (TPSA) is 127 Å². The molecular formula is C31H44O7. The Morgan fingerprint density at radius 2 is 1.74 bits per heavy atom. The SMILES string of the molecule is O=C(CCC/C=C\CC1/C(=C\C[C@@H](O)C2Cc3ccccc3C2)C2(CC2)C[C@@H]1O)OCC(CO)(CO)CO. The van der Waals surface area contributed by atoms with E-state index in [4.69, 9.17) is 4.74 Å². The summed E-state index contributed by atoms with van der Waals surface area (Å²) in [4.78, 5) is 12.0. The second-order valence-corrected chi connectivity index (χ2v) is 11.8. The predicted molar refractivity (Wildman–Crippen MR) is 144 cm³/mol. The van der Waals surface area contributed by atoms with Gasteiger partial charge in [0, 0.05) is 12.3 Å². The van der Waals surface area contributed by atoms with E-state index in [0.29, 0.717) is 19.3 Å². The number of unbranched alkanes of at least 4 members (excludes halogenated alkanes) is 1. The average molecular weight is 529 g/mol. The first-order valence-electron chi connectivity index (χ1n) is 14.1. The number of aliphatic hydroxyl groups excluding tert-OH is 5. The monoisotopic (exact) mass is 528 g/mol. The molecule has 7 nitrogen and oxygen atoms in total. The summed E-state index contributed by atoms with van der Waals surface area (Å²) in [5.74, 6) is -0.0903. The van der Waals surface area contributed by atoms with Crippen LogP contribution in [0.4, 0.5) is 0 Å². The van der Waals surface area contributed by atoms with Crippen LogP contribution >= 0.6 is 0 Å². The first kappa shape index (κ1) is 29.0. The Kier molecular flexibility index (Phi) is 9.82. The van der Waals surface area contributed by atoms with E-state index >= 15 is 0 Å². The molecule has 2 saturated carbocycles. The molecule has 0 aliphatic heterocycles. The highest BCUT2D eigenvalue weighted by Crippen LogP contribution is 2.63. The van der Waals surface area contributed by atoms with Gasteiger partial charge in [-0.15, -0.1) is 0 Å². The standard InChI is InChI=1S/C31H44O7/c32-18-30(19-33,20-34)21-38-29(37)10-4-2-1-3-9-25-26(31(13-14-31)17-28(25)36)11-12-27(35)24-15-22-7-5-6-8-23(22)16-24/h1,3,5-8,11,24-25,27-28,32-36H,2,4,9-10,12-21H2/b3-1-,26-11+/t25?,27-,28+/m1/s1. The van der Waals surface area contributed by atoms with Crippen molar-refractivity contribution in [2.45, 2.75) is 76.4 Å². The highest BCUT2D eigenvalue weighted by atomic mass is 16.5. The smallest absolute Gasteiger partial charge is 0.305 e. The van der Waals surface area contributed by atoms with Crippen LogP contribution in [-0.2, 0) is 22.4 Å². The van der Waals surface area contributed by atoms with Crippen molar-refractivity contribution in [1.29, 1.82) is 0 Å². The van der Waals surface area contributed by atoms with Gasteiger partial charge in [-0.05, 0) is 80.2 Å². The highest BCUT2D eigenvalue weighted by molar-refractivity contribution is 5.69. The predicted octanol–water partition coefficient (Wildman–Crippen LogP) is 2.86. The molecule has 210 valence electrons. The molecule has 7 heteroatoms. The maximum absolute atomic E-state index is 12.0. The van der Waals surface area contributed by atoms with Gasteiger partial charge >= 0.3 is 5.97 Å². The Morgan fingerprint density at radius 1 is 1.08 bits per heavy atom. The molecule has 3 atom stereocenters. The first-order chi connectivity index (χ1) is 18.3. The lowest BCUT2D eigenvalue weighted by Gasteiger charge is -2.26. The third kappa shape index (κ3) is 6.75. The number of hydrogen-bond acceptors (Lipinski definition) is 7. The van der Waals surface area contributed by atoms with E-state index in [2.05, 4.69) is 36.4 Å². The Bertz CT molecular complexity index is 958. The molecule has 1 aromatic carbocycles. The van der Waals surface area contributed by atoms with Crippen LogP contribution in [0.15, 0.2) is 48.1 Å². The molecule has 5 N–H and O–H groups in total. The first-order valence-corrected chi connectivity index (χ1v) is 14.1. The van der Waals surface area contributed by atoms with Crippen molar-refractivity contribution in [1.82, 2.24) is 0 Å². The van der Waals surface area contributed by atoms with E-state index in [9.17, 15) is 30.3 Å². The third-order valence-corrected chi connectivity index (χ3v) is 8.99. The number of carbonyl (C=O) groups is 1. The Labute approximate surface area is 225 Å². The Balaban J connectivity index is 1.22. The van der Waals surface area contributed by atoms with Crippen LogP contribution in [0.3, 0.4) is 0 Å². The molecule has 0 saturated heterocycles. The highest BCUT2D eigenvalue weighted by Gasteiger charge is 2.55. The second-order valence-electron chi connectivity index (χ2n) is 11.8. The molecule has 4 rings (SSSR count). The van der Waals surface area contributed by atoms with Crippen LogP contribution in [0.2, 0.25) is 0 Å². The van der Waals surface area contributed by atoms with Gasteiger partial charge in [0.1, 0.15) is 6.61 Å². The Morgan fingerprint density at radius 3 is 2.34 bits per heavy atom. The number of carbonyl (C=O) groups excluding carboxylic acids is 1. The van der Waals surface area contributed by atoms with Gasteiger partial charge in [0.2, 0.25) is 0 Å². The zero-order chi connectivity index (χ0) is 27.2. The summed E-state index contributed by atoms with van der Waals surface area (Å²) >= 11 is 0. The summed E-state index contributed by atoms with van der Waals surface area (Å²) in [5.41, 5.74) is 2.95. The van der Waals surface area contributed by atoms with Crippen LogP contribution in [0.5, 0.6) is 0 Å². The lowest BCUT2D eigenvalue weighted by Crippen LogP contribution is -2.39. The average Bonchev–Trinajstić information content (AvgIpc) is 3.47. The van der Waals surface area contributed by atoms with Crippen molar-refractivity contribution < 1.29 is 35.1 Å². The normalized spacial score (nSPS) is 24.4. The van der Waals surface area contributed by atoms with Crippen molar-refractivity contribution in [2.75, 3.05) is 26.4 Å². The van der Waals surface area contributed by atoms with Crippen LogP contribution in [0.25, 0.3) is 0 Å². The molecule has 2 fully saturated rings. The third-order valence-electron chi connectivity index (χ3n) is 8.99. The molecule has 0 bridgehead atoms. The zero-order valence-electron chi connectivity index (χ0n) is 22.3. The summed E-state index contributed by atoms with van der Waals surface area (Å²) in [6, 6.07) is 8.45. The van der Waals surface area contributed by atoms with E-state index in [1.54, 1.807) is 0 Å². The van der Waals surface area contributed by atoms with E-state index in [1.807, 2.05) is 6.08 Å². The molecule has 0 heterocycles. The van der Waals surface area contributed by atoms with Gasteiger partial charge in [0.25, 0.3) is 0 Å². The van der Waals surface area contributed by atoms with Crippen LogP contribution in [0.1, 0.15) is 62.5 Å².